The van der Waals surface area contributed by atoms with Gasteiger partial charge in [-0.25, -0.2) is 8.42 Å². The van der Waals surface area contributed by atoms with E-state index in [9.17, 15) is 8.42 Å². The van der Waals surface area contributed by atoms with E-state index in [-0.39, 0.29) is 11.0 Å². The lowest BCUT2D eigenvalue weighted by Crippen LogP contribution is -2.25. The summed E-state index contributed by atoms with van der Waals surface area (Å²) in [5.74, 6) is 0.860. The molecule has 20 heavy (non-hydrogen) atoms. The van der Waals surface area contributed by atoms with Crippen LogP contribution in [0.5, 0.6) is 0 Å². The lowest BCUT2D eigenvalue weighted by Gasteiger charge is -2.12. The Morgan fingerprint density at radius 2 is 2.00 bits per heavy atom. The monoisotopic (exact) mass is 311 g/mol. The number of aromatic nitrogens is 2. The van der Waals surface area contributed by atoms with Crippen LogP contribution in [-0.4, -0.2) is 36.2 Å². The van der Waals surface area contributed by atoms with Crippen molar-refractivity contribution in [3.63, 3.8) is 0 Å². The molecule has 1 fully saturated rings. The van der Waals surface area contributed by atoms with Gasteiger partial charge in [-0.3, -0.25) is 0 Å². The van der Waals surface area contributed by atoms with Crippen LogP contribution in [0.3, 0.4) is 0 Å². The maximum Gasteiger partial charge on any atom is 0.159 e. The van der Waals surface area contributed by atoms with Gasteiger partial charge in [0.25, 0.3) is 0 Å². The highest BCUT2D eigenvalue weighted by molar-refractivity contribution is 7.92. The van der Waals surface area contributed by atoms with E-state index in [1.54, 1.807) is 0 Å². The van der Waals surface area contributed by atoms with E-state index in [1.165, 1.54) is 0 Å². The molecule has 3 rings (SSSR count). The fraction of sp³-hybridized carbons (Fsp3) is 0.385. The zero-order chi connectivity index (χ0) is 14.2. The van der Waals surface area contributed by atoms with Crippen molar-refractivity contribution >= 4 is 38.0 Å². The second kappa shape index (κ2) is 5.18. The van der Waals surface area contributed by atoms with E-state index in [1.807, 2.05) is 24.3 Å². The van der Waals surface area contributed by atoms with Gasteiger partial charge >= 0.3 is 0 Å². The summed E-state index contributed by atoms with van der Waals surface area (Å²) in [5, 5.41) is 12.7. The predicted octanol–water partition coefficient (Wildman–Crippen LogP) is 2.27. The predicted molar refractivity (Wildman–Crippen MR) is 79.8 cm³/mol. The van der Waals surface area contributed by atoms with Crippen molar-refractivity contribution < 1.29 is 8.42 Å². The van der Waals surface area contributed by atoms with Crippen molar-refractivity contribution in [2.75, 3.05) is 17.6 Å². The fourth-order valence-corrected chi connectivity index (χ4v) is 4.47. The Kier molecular flexibility index (Phi) is 3.52. The van der Waals surface area contributed by atoms with Gasteiger partial charge in [-0.1, -0.05) is 35.9 Å². The van der Waals surface area contributed by atoms with Crippen LogP contribution < -0.4 is 5.32 Å². The molecule has 1 aliphatic rings. The summed E-state index contributed by atoms with van der Waals surface area (Å²) in [6.45, 7) is 0.364. The molecule has 1 aromatic carbocycles. The molecule has 1 aliphatic heterocycles. The van der Waals surface area contributed by atoms with Crippen molar-refractivity contribution in [3.05, 3.63) is 29.4 Å². The number of fused-ring (bicyclic) bond motifs is 1. The molecule has 1 saturated heterocycles. The third-order valence-electron chi connectivity index (χ3n) is 3.60. The highest BCUT2D eigenvalue weighted by Gasteiger charge is 2.31. The van der Waals surface area contributed by atoms with Gasteiger partial charge in [0.05, 0.1) is 11.0 Å². The number of benzene rings is 1. The van der Waals surface area contributed by atoms with Crippen LogP contribution in [0, 0.1) is 0 Å². The Labute approximate surface area is 122 Å². The minimum atomic E-state index is -2.96. The molecule has 0 bridgehead atoms. The number of sulfone groups is 1. The minimum absolute atomic E-state index is 0.284. The summed E-state index contributed by atoms with van der Waals surface area (Å²) >= 11 is 6.00. The number of hydrogen-bond acceptors (Lipinski definition) is 5. The first-order chi connectivity index (χ1) is 9.58. The summed E-state index contributed by atoms with van der Waals surface area (Å²) in [6, 6.07) is 7.52. The van der Waals surface area contributed by atoms with Gasteiger partial charge in [-0.05, 0) is 12.8 Å². The Morgan fingerprint density at radius 1 is 1.25 bits per heavy atom. The lowest BCUT2D eigenvalue weighted by molar-refractivity contribution is 0.591. The molecule has 5 nitrogen and oxygen atoms in total. The maximum atomic E-state index is 11.8. The van der Waals surface area contributed by atoms with Crippen molar-refractivity contribution in [3.8, 4) is 0 Å². The number of halogens is 1. The molecule has 106 valence electrons. The zero-order valence-corrected chi connectivity index (χ0v) is 12.3. The highest BCUT2D eigenvalue weighted by Crippen LogP contribution is 2.26. The Morgan fingerprint density at radius 3 is 2.70 bits per heavy atom. The largest absolute Gasteiger partial charge is 0.367 e. The molecule has 0 aliphatic carbocycles. The molecular formula is C13H14ClN3O2S. The molecule has 7 heteroatoms. The molecule has 2 aromatic rings. The lowest BCUT2D eigenvalue weighted by atomic mass is 10.2. The van der Waals surface area contributed by atoms with Crippen molar-refractivity contribution in [2.24, 2.45) is 0 Å². The standard InChI is InChI=1S/C13H14ClN3O2S/c14-12-10-5-1-2-6-11(10)13(17-16-12)15-8-9-4-3-7-20(9,18)19/h1-2,5-6,9H,3-4,7-8H2,(H,15,17). The zero-order valence-electron chi connectivity index (χ0n) is 10.7. The fourth-order valence-electron chi connectivity index (χ4n) is 2.50. The number of nitrogens with zero attached hydrogens (tertiary/aromatic N) is 2. The van der Waals surface area contributed by atoms with E-state index in [2.05, 4.69) is 15.5 Å². The first-order valence-corrected chi connectivity index (χ1v) is 8.53. The number of anilines is 1. The topological polar surface area (TPSA) is 72.0 Å². The second-order valence-electron chi connectivity index (χ2n) is 4.90. The molecule has 1 unspecified atom stereocenters. The molecule has 0 spiro atoms. The minimum Gasteiger partial charge on any atom is -0.367 e. The molecular weight excluding hydrogens is 298 g/mol. The van der Waals surface area contributed by atoms with E-state index in [0.29, 0.717) is 23.9 Å². The number of rotatable bonds is 3. The average molecular weight is 312 g/mol. The van der Waals surface area contributed by atoms with E-state index >= 15 is 0 Å². The van der Waals surface area contributed by atoms with Gasteiger partial charge < -0.3 is 5.32 Å². The quantitative estimate of drug-likeness (QED) is 0.941. The van der Waals surface area contributed by atoms with Crippen LogP contribution in [0.2, 0.25) is 5.15 Å². The van der Waals surface area contributed by atoms with E-state index < -0.39 is 9.84 Å². The SMILES string of the molecule is O=S1(=O)CCCC1CNc1nnc(Cl)c2ccccc12. The van der Waals surface area contributed by atoms with Crippen LogP contribution in [0.15, 0.2) is 24.3 Å². The molecule has 0 saturated carbocycles. The van der Waals surface area contributed by atoms with Gasteiger partial charge in [0.2, 0.25) is 0 Å². The van der Waals surface area contributed by atoms with Gasteiger partial charge in [0, 0.05) is 17.3 Å². The van der Waals surface area contributed by atoms with Crippen molar-refractivity contribution in [2.45, 2.75) is 18.1 Å². The van der Waals surface area contributed by atoms with Crippen LogP contribution in [-0.2, 0) is 9.84 Å². The number of nitrogens with one attached hydrogen (secondary N) is 1. The normalized spacial score (nSPS) is 21.1. The molecule has 1 atom stereocenters. The Bertz CT molecular complexity index is 748. The molecule has 2 heterocycles. The summed E-state index contributed by atoms with van der Waals surface area (Å²) in [5.41, 5.74) is 0. The summed E-state index contributed by atoms with van der Waals surface area (Å²) in [7, 11) is -2.96. The van der Waals surface area contributed by atoms with Gasteiger partial charge in [-0.15, -0.1) is 10.2 Å². The highest BCUT2D eigenvalue weighted by atomic mass is 35.5. The summed E-state index contributed by atoms with van der Waals surface area (Å²) in [6.07, 6.45) is 1.44. The summed E-state index contributed by atoms with van der Waals surface area (Å²) in [4.78, 5) is 0. The van der Waals surface area contributed by atoms with Crippen LogP contribution in [0.25, 0.3) is 10.8 Å². The van der Waals surface area contributed by atoms with E-state index in [0.717, 1.165) is 17.2 Å². The smallest absolute Gasteiger partial charge is 0.159 e. The first kappa shape index (κ1) is 13.6. The Hall–Kier alpha value is -1.40. The van der Waals surface area contributed by atoms with Crippen molar-refractivity contribution in [1.82, 2.24) is 10.2 Å². The molecule has 0 amide bonds. The molecule has 0 radical (unpaired) electrons. The first-order valence-electron chi connectivity index (χ1n) is 6.44. The van der Waals surface area contributed by atoms with Gasteiger partial charge in [0.1, 0.15) is 0 Å². The van der Waals surface area contributed by atoms with Crippen molar-refractivity contribution in [1.29, 1.82) is 0 Å². The second-order valence-corrected chi connectivity index (χ2v) is 7.66. The van der Waals surface area contributed by atoms with Crippen LogP contribution >= 0.6 is 11.6 Å². The van der Waals surface area contributed by atoms with Crippen LogP contribution in [0.1, 0.15) is 12.8 Å². The van der Waals surface area contributed by atoms with Gasteiger partial charge in [0.15, 0.2) is 20.8 Å². The van der Waals surface area contributed by atoms with E-state index in [4.69, 9.17) is 11.6 Å². The third-order valence-corrected chi connectivity index (χ3v) is 6.16. The van der Waals surface area contributed by atoms with Crippen LogP contribution in [0.4, 0.5) is 5.82 Å². The molecule has 1 aromatic heterocycles. The van der Waals surface area contributed by atoms with Gasteiger partial charge in [-0.2, -0.15) is 0 Å². The average Bonchev–Trinajstić information content (AvgIpc) is 2.77. The number of hydrogen-bond donors (Lipinski definition) is 1. The Balaban J connectivity index is 1.87. The maximum absolute atomic E-state index is 11.8. The summed E-state index contributed by atoms with van der Waals surface area (Å²) < 4.78 is 23.6. The molecule has 1 N–H and O–H groups in total. The third kappa shape index (κ3) is 2.45.